The summed E-state index contributed by atoms with van der Waals surface area (Å²) in [5.41, 5.74) is 0. The molecule has 0 aromatic carbocycles. The molecule has 0 radical (unpaired) electrons. The van der Waals surface area contributed by atoms with Crippen molar-refractivity contribution in [3.63, 3.8) is 0 Å². The maximum Gasteiger partial charge on any atom is 0.211 e. The minimum absolute atomic E-state index is 0.0880. The topological polar surface area (TPSA) is 64.6 Å². The predicted molar refractivity (Wildman–Crippen MR) is 68.8 cm³/mol. The first-order chi connectivity index (χ1) is 8.05. The van der Waals surface area contributed by atoms with Crippen LogP contribution in [0.2, 0.25) is 0 Å². The summed E-state index contributed by atoms with van der Waals surface area (Å²) in [6.07, 6.45) is 0.739. The quantitative estimate of drug-likeness (QED) is 0.354. The molecular formula is C10H22ClNO4S. The van der Waals surface area contributed by atoms with E-state index in [1.807, 2.05) is 13.8 Å². The Morgan fingerprint density at radius 2 is 1.76 bits per heavy atom. The van der Waals surface area contributed by atoms with Crippen LogP contribution in [0.25, 0.3) is 0 Å². The molecule has 104 valence electrons. The molecule has 17 heavy (non-hydrogen) atoms. The van der Waals surface area contributed by atoms with Crippen LogP contribution < -0.4 is 4.72 Å². The third-order valence-electron chi connectivity index (χ3n) is 1.97. The SMILES string of the molecule is CCOC(CNS(=O)(=O)CCCCCl)OCC. The largest absolute Gasteiger partial charge is 0.352 e. The van der Waals surface area contributed by atoms with Crippen molar-refractivity contribution < 1.29 is 17.9 Å². The van der Waals surface area contributed by atoms with Gasteiger partial charge in [0.25, 0.3) is 0 Å². The second-order valence-electron chi connectivity index (χ2n) is 3.40. The van der Waals surface area contributed by atoms with Crippen molar-refractivity contribution in [3.8, 4) is 0 Å². The maximum absolute atomic E-state index is 11.6. The molecule has 0 bridgehead atoms. The lowest BCUT2D eigenvalue weighted by atomic mass is 10.4. The summed E-state index contributed by atoms with van der Waals surface area (Å²) < 4.78 is 36.0. The van der Waals surface area contributed by atoms with E-state index in [-0.39, 0.29) is 12.3 Å². The molecule has 0 aromatic rings. The van der Waals surface area contributed by atoms with Crippen molar-refractivity contribution in [1.29, 1.82) is 0 Å². The molecule has 5 nitrogen and oxygen atoms in total. The van der Waals surface area contributed by atoms with E-state index in [1.165, 1.54) is 0 Å². The first-order valence-electron chi connectivity index (χ1n) is 5.82. The molecular weight excluding hydrogens is 266 g/mol. The van der Waals surface area contributed by atoms with Crippen LogP contribution in [0.5, 0.6) is 0 Å². The molecule has 0 aliphatic heterocycles. The maximum atomic E-state index is 11.6. The molecule has 0 saturated carbocycles. The Balaban J connectivity index is 3.95. The smallest absolute Gasteiger partial charge is 0.211 e. The monoisotopic (exact) mass is 287 g/mol. The zero-order valence-electron chi connectivity index (χ0n) is 10.4. The van der Waals surface area contributed by atoms with Gasteiger partial charge in [-0.25, -0.2) is 13.1 Å². The van der Waals surface area contributed by atoms with Gasteiger partial charge in [0.15, 0.2) is 6.29 Å². The number of rotatable bonds is 11. The van der Waals surface area contributed by atoms with Gasteiger partial charge in [0, 0.05) is 19.1 Å². The standard InChI is InChI=1S/C10H22ClNO4S/c1-3-15-10(16-4-2)9-12-17(13,14)8-6-5-7-11/h10,12H,3-9H2,1-2H3. The highest BCUT2D eigenvalue weighted by molar-refractivity contribution is 7.89. The molecule has 0 rings (SSSR count). The van der Waals surface area contributed by atoms with E-state index < -0.39 is 16.3 Å². The molecule has 0 saturated heterocycles. The molecule has 0 spiro atoms. The van der Waals surface area contributed by atoms with E-state index in [4.69, 9.17) is 21.1 Å². The minimum atomic E-state index is -3.25. The number of alkyl halides is 1. The van der Waals surface area contributed by atoms with Crippen molar-refractivity contribution in [3.05, 3.63) is 0 Å². The second kappa shape index (κ2) is 10.1. The van der Waals surface area contributed by atoms with Gasteiger partial charge in [-0.2, -0.15) is 0 Å². The van der Waals surface area contributed by atoms with Crippen molar-refractivity contribution in [2.24, 2.45) is 0 Å². The predicted octanol–water partition coefficient (Wildman–Crippen LogP) is 1.32. The highest BCUT2D eigenvalue weighted by Gasteiger charge is 2.14. The summed E-state index contributed by atoms with van der Waals surface area (Å²) in [5, 5.41) is 0. The summed E-state index contributed by atoms with van der Waals surface area (Å²) in [4.78, 5) is 0. The highest BCUT2D eigenvalue weighted by atomic mass is 35.5. The van der Waals surface area contributed by atoms with Crippen molar-refractivity contribution in [1.82, 2.24) is 4.72 Å². The van der Waals surface area contributed by atoms with Crippen LogP contribution in [0, 0.1) is 0 Å². The van der Waals surface area contributed by atoms with Crippen molar-refractivity contribution >= 4 is 21.6 Å². The lowest BCUT2D eigenvalue weighted by molar-refractivity contribution is -0.130. The van der Waals surface area contributed by atoms with Gasteiger partial charge in [0.2, 0.25) is 10.0 Å². The fraction of sp³-hybridized carbons (Fsp3) is 1.00. The summed E-state index contributed by atoms with van der Waals surface area (Å²) in [7, 11) is -3.25. The number of unbranched alkanes of at least 4 members (excludes halogenated alkanes) is 1. The van der Waals surface area contributed by atoms with Crippen LogP contribution in [-0.2, 0) is 19.5 Å². The average Bonchev–Trinajstić information content (AvgIpc) is 2.27. The number of halogens is 1. The van der Waals surface area contributed by atoms with Gasteiger partial charge in [-0.15, -0.1) is 11.6 Å². The molecule has 0 fully saturated rings. The fourth-order valence-corrected chi connectivity index (χ4v) is 2.50. The summed E-state index contributed by atoms with van der Waals surface area (Å²) >= 11 is 5.49. The first-order valence-corrected chi connectivity index (χ1v) is 8.00. The van der Waals surface area contributed by atoms with E-state index in [1.54, 1.807) is 0 Å². The Morgan fingerprint density at radius 3 is 2.24 bits per heavy atom. The van der Waals surface area contributed by atoms with E-state index in [0.717, 1.165) is 0 Å². The number of hydrogen-bond donors (Lipinski definition) is 1. The molecule has 0 aromatic heterocycles. The van der Waals surface area contributed by atoms with Crippen LogP contribution in [0.15, 0.2) is 0 Å². The van der Waals surface area contributed by atoms with Crippen LogP contribution in [0.1, 0.15) is 26.7 Å². The zero-order chi connectivity index (χ0) is 13.1. The van der Waals surface area contributed by atoms with Crippen LogP contribution in [0.4, 0.5) is 0 Å². The second-order valence-corrected chi connectivity index (χ2v) is 5.71. The number of sulfonamides is 1. The van der Waals surface area contributed by atoms with Crippen LogP contribution in [-0.4, -0.2) is 46.1 Å². The first kappa shape index (κ1) is 17.1. The van der Waals surface area contributed by atoms with Crippen LogP contribution >= 0.6 is 11.6 Å². The summed E-state index contributed by atoms with van der Waals surface area (Å²) in [5.74, 6) is 0.570. The van der Waals surface area contributed by atoms with Gasteiger partial charge in [0.05, 0.1) is 12.3 Å². The fourth-order valence-electron chi connectivity index (χ4n) is 1.19. The van der Waals surface area contributed by atoms with E-state index >= 15 is 0 Å². The number of nitrogens with one attached hydrogen (secondary N) is 1. The zero-order valence-corrected chi connectivity index (χ0v) is 12.0. The van der Waals surface area contributed by atoms with Crippen LogP contribution in [0.3, 0.4) is 0 Å². The lowest BCUT2D eigenvalue weighted by Crippen LogP contribution is -2.36. The molecule has 0 heterocycles. The Labute approximate surface area is 109 Å². The molecule has 1 N–H and O–H groups in total. The van der Waals surface area contributed by atoms with Gasteiger partial charge in [-0.1, -0.05) is 0 Å². The Morgan fingerprint density at radius 1 is 1.18 bits per heavy atom. The van der Waals surface area contributed by atoms with E-state index in [9.17, 15) is 8.42 Å². The van der Waals surface area contributed by atoms with Gasteiger partial charge in [0.1, 0.15) is 0 Å². The summed E-state index contributed by atoms with van der Waals surface area (Å²) in [6, 6.07) is 0. The number of ether oxygens (including phenoxy) is 2. The van der Waals surface area contributed by atoms with Gasteiger partial charge < -0.3 is 9.47 Å². The normalized spacial score (nSPS) is 12.2. The number of hydrogen-bond acceptors (Lipinski definition) is 4. The van der Waals surface area contributed by atoms with E-state index in [0.29, 0.717) is 31.9 Å². The Kier molecular flexibility index (Phi) is 10.2. The molecule has 0 atom stereocenters. The summed E-state index contributed by atoms with van der Waals surface area (Å²) in [6.45, 7) is 4.78. The average molecular weight is 288 g/mol. The Bertz CT molecular complexity index is 265. The Hall–Kier alpha value is 0.120. The molecule has 0 unspecified atom stereocenters. The van der Waals surface area contributed by atoms with Gasteiger partial charge >= 0.3 is 0 Å². The molecule has 0 amide bonds. The molecule has 0 aliphatic carbocycles. The molecule has 0 aliphatic rings. The lowest BCUT2D eigenvalue weighted by Gasteiger charge is -2.17. The van der Waals surface area contributed by atoms with Crippen molar-refractivity contribution in [2.75, 3.05) is 31.4 Å². The van der Waals surface area contributed by atoms with Crippen molar-refractivity contribution in [2.45, 2.75) is 33.0 Å². The van der Waals surface area contributed by atoms with Gasteiger partial charge in [-0.05, 0) is 26.7 Å². The third kappa shape index (κ3) is 9.79. The minimum Gasteiger partial charge on any atom is -0.352 e. The highest BCUT2D eigenvalue weighted by Crippen LogP contribution is 1.99. The third-order valence-corrected chi connectivity index (χ3v) is 3.67. The van der Waals surface area contributed by atoms with E-state index in [2.05, 4.69) is 4.72 Å². The molecule has 7 heteroatoms. The van der Waals surface area contributed by atoms with Gasteiger partial charge in [-0.3, -0.25) is 0 Å².